The highest BCUT2D eigenvalue weighted by Crippen LogP contribution is 2.51. The van der Waals surface area contributed by atoms with E-state index in [1.807, 2.05) is 24.3 Å². The Morgan fingerprint density at radius 1 is 0.800 bits per heavy atom. The Balaban J connectivity index is 1.77. The molecular formula is C21H21Cl2NO. The summed E-state index contributed by atoms with van der Waals surface area (Å²) in [5, 5.41) is 1.45. The van der Waals surface area contributed by atoms with E-state index in [-0.39, 0.29) is 23.9 Å². The van der Waals surface area contributed by atoms with Gasteiger partial charge < -0.3 is 0 Å². The molecule has 2 aliphatic rings. The molecule has 1 aliphatic heterocycles. The molecular weight excluding hydrogens is 353 g/mol. The fraction of sp³-hybridized carbons (Fsp3) is 0.381. The summed E-state index contributed by atoms with van der Waals surface area (Å²) in [5.74, 6) is 0.575. The molecule has 1 aliphatic carbocycles. The van der Waals surface area contributed by atoms with Crippen LogP contribution in [0, 0.1) is 11.8 Å². The normalized spacial score (nSPS) is 29.6. The maximum atomic E-state index is 13.2. The van der Waals surface area contributed by atoms with E-state index in [2.05, 4.69) is 36.2 Å². The van der Waals surface area contributed by atoms with Crippen LogP contribution in [0.4, 0.5) is 0 Å². The molecule has 2 aromatic rings. The number of Topliss-reactive ketones (excluding diaryl/α,β-unsaturated/α-hetero) is 1. The van der Waals surface area contributed by atoms with Crippen LogP contribution in [0.1, 0.15) is 42.5 Å². The van der Waals surface area contributed by atoms with Crippen molar-refractivity contribution in [3.63, 3.8) is 0 Å². The van der Waals surface area contributed by atoms with Crippen molar-refractivity contribution in [2.24, 2.45) is 11.8 Å². The van der Waals surface area contributed by atoms with Gasteiger partial charge in [-0.3, -0.25) is 9.69 Å². The van der Waals surface area contributed by atoms with Crippen LogP contribution in [0.3, 0.4) is 0 Å². The van der Waals surface area contributed by atoms with Crippen LogP contribution < -0.4 is 0 Å². The lowest BCUT2D eigenvalue weighted by atomic mass is 9.66. The Morgan fingerprint density at radius 2 is 1.20 bits per heavy atom. The molecule has 0 unspecified atom stereocenters. The van der Waals surface area contributed by atoms with Gasteiger partial charge in [-0.05, 0) is 55.3 Å². The summed E-state index contributed by atoms with van der Waals surface area (Å²) in [6, 6.07) is 16.1. The van der Waals surface area contributed by atoms with Gasteiger partial charge in [0.15, 0.2) is 0 Å². The van der Waals surface area contributed by atoms with E-state index >= 15 is 0 Å². The standard InChI is InChI=1S/C21H21Cl2NO/c1-24-19(13-5-9-15(22)10-6-13)17-3-2-4-18(21(17)25)20(24)14-7-11-16(23)12-8-14/h5-12,17-20H,2-4H2,1H3/t17-,18-,19-,20+/m1/s1. The molecule has 4 rings (SSSR count). The van der Waals surface area contributed by atoms with Crippen LogP contribution in [0.2, 0.25) is 10.0 Å². The summed E-state index contributed by atoms with van der Waals surface area (Å²) < 4.78 is 0. The number of benzene rings is 2. The molecule has 2 fully saturated rings. The molecule has 4 heteroatoms. The quantitative estimate of drug-likeness (QED) is 0.671. The van der Waals surface area contributed by atoms with Gasteiger partial charge in [0, 0.05) is 34.0 Å². The molecule has 2 nitrogen and oxygen atoms in total. The molecule has 1 heterocycles. The fourth-order valence-electron chi connectivity index (χ4n) is 4.74. The predicted octanol–water partition coefficient (Wildman–Crippen LogP) is 5.71. The second kappa shape index (κ2) is 6.75. The van der Waals surface area contributed by atoms with Gasteiger partial charge in [-0.15, -0.1) is 0 Å². The average molecular weight is 374 g/mol. The molecule has 0 radical (unpaired) electrons. The molecule has 2 aromatic carbocycles. The lowest BCUT2D eigenvalue weighted by Gasteiger charge is -2.50. The molecule has 0 aromatic heterocycles. The number of fused-ring (bicyclic) bond motifs is 2. The monoisotopic (exact) mass is 373 g/mol. The van der Waals surface area contributed by atoms with Gasteiger partial charge in [0.25, 0.3) is 0 Å². The minimum atomic E-state index is 0.0773. The maximum Gasteiger partial charge on any atom is 0.142 e. The van der Waals surface area contributed by atoms with Crippen LogP contribution in [-0.4, -0.2) is 17.7 Å². The number of piperidine rings is 1. The van der Waals surface area contributed by atoms with Gasteiger partial charge >= 0.3 is 0 Å². The summed E-state index contributed by atoms with van der Waals surface area (Å²) in [7, 11) is 2.15. The minimum Gasteiger partial charge on any atom is -0.299 e. The Kier molecular flexibility index (Phi) is 4.61. The van der Waals surface area contributed by atoms with Crippen molar-refractivity contribution >= 4 is 29.0 Å². The SMILES string of the molecule is CN1[C@H](c2ccc(Cl)cc2)[C@H]2CCC[C@@H](C2=O)[C@@H]1c1ccc(Cl)cc1. The van der Waals surface area contributed by atoms with E-state index in [1.54, 1.807) is 0 Å². The topological polar surface area (TPSA) is 20.3 Å². The molecule has 0 spiro atoms. The molecule has 4 atom stereocenters. The third kappa shape index (κ3) is 3.01. The summed E-state index contributed by atoms with van der Waals surface area (Å²) >= 11 is 12.1. The van der Waals surface area contributed by atoms with Crippen LogP contribution in [-0.2, 0) is 4.79 Å². The molecule has 1 saturated heterocycles. The lowest BCUT2D eigenvalue weighted by molar-refractivity contribution is -0.143. The number of carbonyl (C=O) groups excluding carboxylic acids is 1. The predicted molar refractivity (Wildman–Crippen MR) is 102 cm³/mol. The van der Waals surface area contributed by atoms with Gasteiger partial charge in [0.2, 0.25) is 0 Å². The zero-order valence-electron chi connectivity index (χ0n) is 14.2. The summed E-state index contributed by atoms with van der Waals surface area (Å²) in [6.07, 6.45) is 3.06. The number of nitrogens with zero attached hydrogens (tertiary/aromatic N) is 1. The van der Waals surface area contributed by atoms with Crippen molar-refractivity contribution < 1.29 is 4.79 Å². The second-order valence-electron chi connectivity index (χ2n) is 7.20. The van der Waals surface area contributed by atoms with E-state index in [4.69, 9.17) is 23.2 Å². The van der Waals surface area contributed by atoms with Gasteiger partial charge in [-0.2, -0.15) is 0 Å². The van der Waals surface area contributed by atoms with E-state index in [1.165, 1.54) is 11.1 Å². The van der Waals surface area contributed by atoms with E-state index in [0.717, 1.165) is 29.3 Å². The van der Waals surface area contributed by atoms with E-state index in [0.29, 0.717) is 5.78 Å². The lowest BCUT2D eigenvalue weighted by Crippen LogP contribution is -2.51. The number of carbonyl (C=O) groups is 1. The average Bonchev–Trinajstić information content (AvgIpc) is 2.60. The molecule has 2 bridgehead atoms. The number of halogens is 2. The van der Waals surface area contributed by atoms with Crippen molar-refractivity contribution in [3.05, 3.63) is 69.7 Å². The van der Waals surface area contributed by atoms with Crippen LogP contribution in [0.5, 0.6) is 0 Å². The van der Waals surface area contributed by atoms with E-state index < -0.39 is 0 Å². The number of hydrogen-bond acceptors (Lipinski definition) is 2. The largest absolute Gasteiger partial charge is 0.299 e. The summed E-state index contributed by atoms with van der Waals surface area (Å²) in [5.41, 5.74) is 2.34. The van der Waals surface area contributed by atoms with Gasteiger partial charge in [0.1, 0.15) is 5.78 Å². The highest BCUT2D eigenvalue weighted by atomic mass is 35.5. The zero-order valence-corrected chi connectivity index (χ0v) is 15.7. The number of rotatable bonds is 2. The van der Waals surface area contributed by atoms with Gasteiger partial charge in [-0.25, -0.2) is 0 Å². The molecule has 25 heavy (non-hydrogen) atoms. The fourth-order valence-corrected chi connectivity index (χ4v) is 4.99. The number of hydrogen-bond donors (Lipinski definition) is 0. The molecule has 0 N–H and O–H groups in total. The highest BCUT2D eigenvalue weighted by Gasteiger charge is 2.49. The maximum absolute atomic E-state index is 13.2. The molecule has 130 valence electrons. The first kappa shape index (κ1) is 17.1. The number of ketones is 1. The first-order chi connectivity index (χ1) is 12.1. The van der Waals surface area contributed by atoms with Crippen LogP contribution >= 0.6 is 23.2 Å². The Labute approximate surface area is 158 Å². The molecule has 0 amide bonds. The Morgan fingerprint density at radius 3 is 1.60 bits per heavy atom. The minimum absolute atomic E-state index is 0.0773. The van der Waals surface area contributed by atoms with Gasteiger partial charge in [0.05, 0.1) is 0 Å². The Bertz CT molecular complexity index is 708. The van der Waals surface area contributed by atoms with E-state index in [9.17, 15) is 4.79 Å². The van der Waals surface area contributed by atoms with Crippen molar-refractivity contribution in [2.45, 2.75) is 31.3 Å². The Hall–Kier alpha value is -1.35. The zero-order chi connectivity index (χ0) is 17.6. The summed E-state index contributed by atoms with van der Waals surface area (Å²) in [6.45, 7) is 0. The first-order valence-electron chi connectivity index (χ1n) is 8.83. The van der Waals surface area contributed by atoms with Crippen molar-refractivity contribution in [2.75, 3.05) is 7.05 Å². The van der Waals surface area contributed by atoms with Crippen molar-refractivity contribution in [1.82, 2.24) is 4.90 Å². The van der Waals surface area contributed by atoms with Crippen LogP contribution in [0.15, 0.2) is 48.5 Å². The third-order valence-corrected chi connectivity index (χ3v) is 6.33. The second-order valence-corrected chi connectivity index (χ2v) is 8.08. The molecule has 1 saturated carbocycles. The smallest absolute Gasteiger partial charge is 0.142 e. The van der Waals surface area contributed by atoms with Crippen LogP contribution in [0.25, 0.3) is 0 Å². The third-order valence-electron chi connectivity index (χ3n) is 5.82. The van der Waals surface area contributed by atoms with Gasteiger partial charge in [-0.1, -0.05) is 53.9 Å². The van der Waals surface area contributed by atoms with Crippen molar-refractivity contribution in [1.29, 1.82) is 0 Å². The highest BCUT2D eigenvalue weighted by molar-refractivity contribution is 6.30. The first-order valence-corrected chi connectivity index (χ1v) is 9.58. The summed E-state index contributed by atoms with van der Waals surface area (Å²) in [4.78, 5) is 15.6. The van der Waals surface area contributed by atoms with Crippen molar-refractivity contribution in [3.8, 4) is 0 Å². The number of likely N-dealkylation sites (tertiary alicyclic amines) is 1.